The maximum atomic E-state index is 5.63. The van der Waals surface area contributed by atoms with E-state index in [9.17, 15) is 0 Å². The fraction of sp³-hybridized carbons (Fsp3) is 1.00. The number of hydrogen-bond acceptors (Lipinski definition) is 2. The maximum Gasteiger partial charge on any atom is 0.0999 e. The molecule has 0 N–H and O–H groups in total. The second-order valence-corrected chi connectivity index (χ2v) is 6.35. The standard InChI is InChI=1S/C13H28OS/c1-6-7-12(15)14-9-8-11(2)10-13(3,4)5/h11-12,15H,6-10H2,1-5H3. The Morgan fingerprint density at radius 3 is 2.27 bits per heavy atom. The van der Waals surface area contributed by atoms with Crippen molar-refractivity contribution >= 4 is 12.6 Å². The van der Waals surface area contributed by atoms with Gasteiger partial charge in [-0.2, -0.15) is 0 Å². The van der Waals surface area contributed by atoms with Crippen LogP contribution in [0.5, 0.6) is 0 Å². The van der Waals surface area contributed by atoms with E-state index in [-0.39, 0.29) is 5.44 Å². The van der Waals surface area contributed by atoms with Gasteiger partial charge in [-0.3, -0.25) is 0 Å². The molecule has 0 heterocycles. The summed E-state index contributed by atoms with van der Waals surface area (Å²) in [5.74, 6) is 0.743. The summed E-state index contributed by atoms with van der Waals surface area (Å²) in [6.45, 7) is 12.2. The summed E-state index contributed by atoms with van der Waals surface area (Å²) >= 11 is 4.38. The maximum absolute atomic E-state index is 5.63. The van der Waals surface area contributed by atoms with Gasteiger partial charge in [-0.15, -0.1) is 12.6 Å². The third kappa shape index (κ3) is 10.6. The molecule has 0 aromatic rings. The Morgan fingerprint density at radius 2 is 1.80 bits per heavy atom. The Morgan fingerprint density at radius 1 is 1.20 bits per heavy atom. The smallest absolute Gasteiger partial charge is 0.0999 e. The predicted molar refractivity (Wildman–Crippen MR) is 71.5 cm³/mol. The van der Waals surface area contributed by atoms with Crippen LogP contribution in [0.25, 0.3) is 0 Å². The number of ether oxygens (including phenoxy) is 1. The van der Waals surface area contributed by atoms with Crippen LogP contribution < -0.4 is 0 Å². The summed E-state index contributed by atoms with van der Waals surface area (Å²) in [5, 5.41) is 0. The monoisotopic (exact) mass is 232 g/mol. The van der Waals surface area contributed by atoms with Crippen LogP contribution in [-0.2, 0) is 4.74 Å². The van der Waals surface area contributed by atoms with Gasteiger partial charge in [0.05, 0.1) is 5.44 Å². The molecule has 0 aromatic carbocycles. The van der Waals surface area contributed by atoms with E-state index in [1.807, 2.05) is 0 Å². The molecule has 0 fully saturated rings. The molecule has 0 rings (SSSR count). The average molecular weight is 232 g/mol. The molecule has 0 saturated heterocycles. The van der Waals surface area contributed by atoms with Crippen LogP contribution in [0, 0.1) is 11.3 Å². The van der Waals surface area contributed by atoms with Crippen molar-refractivity contribution in [2.45, 2.75) is 65.7 Å². The molecule has 15 heavy (non-hydrogen) atoms. The highest BCUT2D eigenvalue weighted by Gasteiger charge is 2.15. The second kappa shape index (κ2) is 7.56. The summed E-state index contributed by atoms with van der Waals surface area (Å²) in [4.78, 5) is 0. The normalized spacial score (nSPS) is 16.4. The fourth-order valence-electron chi connectivity index (χ4n) is 1.88. The Bertz CT molecular complexity index is 151. The largest absolute Gasteiger partial charge is 0.368 e. The van der Waals surface area contributed by atoms with Crippen LogP contribution >= 0.6 is 12.6 Å². The molecule has 2 unspecified atom stereocenters. The minimum absolute atomic E-state index is 0.136. The lowest BCUT2D eigenvalue weighted by molar-refractivity contribution is 0.0923. The van der Waals surface area contributed by atoms with Gasteiger partial charge in [-0.25, -0.2) is 0 Å². The van der Waals surface area contributed by atoms with Gasteiger partial charge < -0.3 is 4.74 Å². The first-order valence-electron chi connectivity index (χ1n) is 6.15. The Balaban J connectivity index is 3.50. The molecular weight excluding hydrogens is 204 g/mol. The molecule has 0 aliphatic rings. The summed E-state index contributed by atoms with van der Waals surface area (Å²) in [6, 6.07) is 0. The van der Waals surface area contributed by atoms with Crippen LogP contribution in [0.2, 0.25) is 0 Å². The van der Waals surface area contributed by atoms with Gasteiger partial charge in [-0.1, -0.05) is 41.0 Å². The van der Waals surface area contributed by atoms with Crippen LogP contribution in [0.1, 0.15) is 60.3 Å². The van der Waals surface area contributed by atoms with E-state index in [0.717, 1.165) is 31.8 Å². The number of hydrogen-bond donors (Lipinski definition) is 1. The Labute approximate surface area is 101 Å². The zero-order valence-corrected chi connectivity index (χ0v) is 11.9. The zero-order chi connectivity index (χ0) is 11.9. The topological polar surface area (TPSA) is 9.23 Å². The van der Waals surface area contributed by atoms with Crippen molar-refractivity contribution in [3.8, 4) is 0 Å². The van der Waals surface area contributed by atoms with Crippen LogP contribution in [0.15, 0.2) is 0 Å². The first-order chi connectivity index (χ1) is 6.85. The van der Waals surface area contributed by atoms with Crippen molar-refractivity contribution in [1.29, 1.82) is 0 Å². The summed E-state index contributed by atoms with van der Waals surface area (Å²) in [6.07, 6.45) is 4.61. The zero-order valence-electron chi connectivity index (χ0n) is 11.0. The summed E-state index contributed by atoms with van der Waals surface area (Å²) in [7, 11) is 0. The van der Waals surface area contributed by atoms with E-state index < -0.39 is 0 Å². The molecule has 0 saturated carbocycles. The lowest BCUT2D eigenvalue weighted by Gasteiger charge is -2.23. The van der Waals surface area contributed by atoms with Gasteiger partial charge in [0.25, 0.3) is 0 Å². The number of thiol groups is 1. The van der Waals surface area contributed by atoms with Crippen molar-refractivity contribution < 1.29 is 4.74 Å². The van der Waals surface area contributed by atoms with Gasteiger partial charge in [0.1, 0.15) is 0 Å². The van der Waals surface area contributed by atoms with Crippen molar-refractivity contribution in [1.82, 2.24) is 0 Å². The molecule has 0 amide bonds. The summed E-state index contributed by atoms with van der Waals surface area (Å²) < 4.78 is 5.63. The van der Waals surface area contributed by atoms with E-state index in [2.05, 4.69) is 47.2 Å². The fourth-order valence-corrected chi connectivity index (χ4v) is 2.25. The number of rotatable bonds is 7. The van der Waals surface area contributed by atoms with Gasteiger partial charge >= 0.3 is 0 Å². The molecular formula is C13H28OS. The van der Waals surface area contributed by atoms with E-state index >= 15 is 0 Å². The highest BCUT2D eigenvalue weighted by atomic mass is 32.1. The van der Waals surface area contributed by atoms with Crippen LogP contribution in [0.4, 0.5) is 0 Å². The molecule has 2 atom stereocenters. The second-order valence-electron chi connectivity index (χ2n) is 5.77. The highest BCUT2D eigenvalue weighted by molar-refractivity contribution is 7.80. The summed E-state index contributed by atoms with van der Waals surface area (Å²) in [5.41, 5.74) is 0.570. The van der Waals surface area contributed by atoms with Gasteiger partial charge in [0, 0.05) is 6.61 Å². The molecule has 0 bridgehead atoms. The van der Waals surface area contributed by atoms with Crippen molar-refractivity contribution in [2.75, 3.05) is 6.61 Å². The third-order valence-corrected chi connectivity index (χ3v) is 2.82. The lowest BCUT2D eigenvalue weighted by atomic mass is 9.84. The van der Waals surface area contributed by atoms with E-state index in [0.29, 0.717) is 5.41 Å². The van der Waals surface area contributed by atoms with Crippen molar-refractivity contribution in [3.63, 3.8) is 0 Å². The van der Waals surface area contributed by atoms with E-state index in [4.69, 9.17) is 4.74 Å². The third-order valence-electron chi connectivity index (χ3n) is 2.42. The molecule has 0 aromatic heterocycles. The van der Waals surface area contributed by atoms with Gasteiger partial charge in [-0.05, 0) is 30.6 Å². The Hall–Kier alpha value is 0.310. The first-order valence-corrected chi connectivity index (χ1v) is 6.66. The van der Waals surface area contributed by atoms with E-state index in [1.165, 1.54) is 6.42 Å². The van der Waals surface area contributed by atoms with Crippen molar-refractivity contribution in [3.05, 3.63) is 0 Å². The predicted octanol–water partition coefficient (Wildman–Crippen LogP) is 4.52. The first kappa shape index (κ1) is 15.3. The SMILES string of the molecule is CCCC(S)OCCC(C)CC(C)(C)C. The quantitative estimate of drug-likeness (QED) is 0.501. The molecule has 1 nitrogen and oxygen atoms in total. The minimum Gasteiger partial charge on any atom is -0.368 e. The minimum atomic E-state index is 0.136. The van der Waals surface area contributed by atoms with Crippen LogP contribution in [-0.4, -0.2) is 12.0 Å². The van der Waals surface area contributed by atoms with Crippen molar-refractivity contribution in [2.24, 2.45) is 11.3 Å². The molecule has 0 aliphatic carbocycles. The van der Waals surface area contributed by atoms with E-state index in [1.54, 1.807) is 0 Å². The average Bonchev–Trinajstić information content (AvgIpc) is 2.00. The highest BCUT2D eigenvalue weighted by Crippen LogP contribution is 2.26. The lowest BCUT2D eigenvalue weighted by Crippen LogP contribution is -2.14. The molecule has 92 valence electrons. The van der Waals surface area contributed by atoms with Gasteiger partial charge in [0.15, 0.2) is 0 Å². The van der Waals surface area contributed by atoms with Gasteiger partial charge in [0.2, 0.25) is 0 Å². The molecule has 2 heteroatoms. The molecule has 0 spiro atoms. The Kier molecular flexibility index (Phi) is 7.72. The molecule has 0 aliphatic heterocycles. The molecule has 0 radical (unpaired) electrons. The van der Waals surface area contributed by atoms with Crippen LogP contribution in [0.3, 0.4) is 0 Å².